The van der Waals surface area contributed by atoms with E-state index in [1.54, 1.807) is 6.07 Å². The lowest BCUT2D eigenvalue weighted by molar-refractivity contribution is -0.139. The number of rotatable bonds is 4. The maximum absolute atomic E-state index is 11.8. The fourth-order valence-corrected chi connectivity index (χ4v) is 2.50. The third kappa shape index (κ3) is 3.59. The SMILES string of the molecule is CCC(CC)C(=O)Oc1ccc(Br)cc1Br. The summed E-state index contributed by atoms with van der Waals surface area (Å²) in [6.45, 7) is 3.98. The lowest BCUT2D eigenvalue weighted by Gasteiger charge is -2.12. The average Bonchev–Trinajstić information content (AvgIpc) is 2.24. The first kappa shape index (κ1) is 13.7. The summed E-state index contributed by atoms with van der Waals surface area (Å²) in [6.07, 6.45) is 1.62. The molecule has 1 aromatic carbocycles. The van der Waals surface area contributed by atoms with Crippen LogP contribution in [0.2, 0.25) is 0 Å². The van der Waals surface area contributed by atoms with Crippen molar-refractivity contribution in [3.05, 3.63) is 27.1 Å². The molecule has 0 aliphatic rings. The normalized spacial score (nSPS) is 10.6. The zero-order valence-corrected chi connectivity index (χ0v) is 12.5. The van der Waals surface area contributed by atoms with Gasteiger partial charge in [0.15, 0.2) is 0 Å². The summed E-state index contributed by atoms with van der Waals surface area (Å²) in [7, 11) is 0. The van der Waals surface area contributed by atoms with Gasteiger partial charge in [-0.15, -0.1) is 0 Å². The summed E-state index contributed by atoms with van der Waals surface area (Å²) < 4.78 is 7.06. The highest BCUT2D eigenvalue weighted by Gasteiger charge is 2.17. The van der Waals surface area contributed by atoms with Crippen LogP contribution in [0.5, 0.6) is 5.75 Å². The molecule has 0 spiro atoms. The van der Waals surface area contributed by atoms with E-state index in [1.165, 1.54) is 0 Å². The van der Waals surface area contributed by atoms with Crippen molar-refractivity contribution >= 4 is 37.8 Å². The average molecular weight is 350 g/mol. The molecule has 1 aromatic rings. The zero-order chi connectivity index (χ0) is 12.1. The van der Waals surface area contributed by atoms with E-state index in [1.807, 2.05) is 26.0 Å². The number of carbonyl (C=O) groups is 1. The Labute approximate surface area is 113 Å². The molecule has 0 unspecified atom stereocenters. The standard InChI is InChI=1S/C12H14Br2O2/c1-3-8(4-2)12(15)16-11-6-5-9(13)7-10(11)14/h5-8H,3-4H2,1-2H3. The molecular formula is C12H14Br2O2. The summed E-state index contributed by atoms with van der Waals surface area (Å²) in [5, 5.41) is 0. The smallest absolute Gasteiger partial charge is 0.314 e. The fourth-order valence-electron chi connectivity index (χ4n) is 1.37. The van der Waals surface area contributed by atoms with Crippen molar-refractivity contribution in [3.63, 3.8) is 0 Å². The quantitative estimate of drug-likeness (QED) is 0.588. The zero-order valence-electron chi connectivity index (χ0n) is 9.30. The maximum Gasteiger partial charge on any atom is 0.314 e. The second-order valence-electron chi connectivity index (χ2n) is 3.51. The van der Waals surface area contributed by atoms with E-state index < -0.39 is 0 Å². The predicted octanol–water partition coefficient (Wildman–Crippen LogP) is 4.55. The Kier molecular flexibility index (Phi) is 5.49. The summed E-state index contributed by atoms with van der Waals surface area (Å²) in [4.78, 5) is 11.8. The summed E-state index contributed by atoms with van der Waals surface area (Å²) in [5.74, 6) is 0.392. The topological polar surface area (TPSA) is 26.3 Å². The van der Waals surface area contributed by atoms with Crippen LogP contribution in [0.4, 0.5) is 0 Å². The van der Waals surface area contributed by atoms with Crippen LogP contribution in [0.25, 0.3) is 0 Å². The van der Waals surface area contributed by atoms with Gasteiger partial charge in [-0.1, -0.05) is 29.8 Å². The van der Waals surface area contributed by atoms with Crippen LogP contribution in [0.15, 0.2) is 27.1 Å². The van der Waals surface area contributed by atoms with Gasteiger partial charge >= 0.3 is 5.97 Å². The van der Waals surface area contributed by atoms with Crippen molar-refractivity contribution in [2.45, 2.75) is 26.7 Å². The monoisotopic (exact) mass is 348 g/mol. The minimum absolute atomic E-state index is 0.0180. The molecule has 0 heterocycles. The molecule has 4 heteroatoms. The molecule has 0 aliphatic carbocycles. The number of halogens is 2. The van der Waals surface area contributed by atoms with Crippen molar-refractivity contribution in [2.75, 3.05) is 0 Å². The Bertz CT molecular complexity index is 373. The summed E-state index contributed by atoms with van der Waals surface area (Å²) in [5.41, 5.74) is 0. The molecule has 0 fully saturated rings. The molecule has 0 aliphatic heterocycles. The molecule has 0 bridgehead atoms. The molecular weight excluding hydrogens is 336 g/mol. The number of hydrogen-bond donors (Lipinski definition) is 0. The van der Waals surface area contributed by atoms with Crippen LogP contribution in [0.1, 0.15) is 26.7 Å². The first-order valence-corrected chi connectivity index (χ1v) is 6.83. The van der Waals surface area contributed by atoms with Crippen molar-refractivity contribution < 1.29 is 9.53 Å². The highest BCUT2D eigenvalue weighted by atomic mass is 79.9. The molecule has 88 valence electrons. The minimum Gasteiger partial charge on any atom is -0.425 e. The third-order valence-corrected chi connectivity index (χ3v) is 3.54. The van der Waals surface area contributed by atoms with Crippen molar-refractivity contribution in [1.29, 1.82) is 0 Å². The van der Waals surface area contributed by atoms with Gasteiger partial charge in [0.25, 0.3) is 0 Å². The molecule has 16 heavy (non-hydrogen) atoms. The van der Waals surface area contributed by atoms with E-state index in [9.17, 15) is 4.79 Å². The molecule has 0 aromatic heterocycles. The van der Waals surface area contributed by atoms with E-state index in [-0.39, 0.29) is 11.9 Å². The van der Waals surface area contributed by atoms with Gasteiger partial charge in [-0.3, -0.25) is 4.79 Å². The summed E-state index contributed by atoms with van der Waals surface area (Å²) in [6, 6.07) is 5.48. The van der Waals surface area contributed by atoms with E-state index >= 15 is 0 Å². The van der Waals surface area contributed by atoms with E-state index in [0.29, 0.717) is 5.75 Å². The number of benzene rings is 1. The molecule has 0 saturated carbocycles. The Morgan fingerprint density at radius 1 is 1.31 bits per heavy atom. The lowest BCUT2D eigenvalue weighted by atomic mass is 10.0. The van der Waals surface area contributed by atoms with E-state index in [2.05, 4.69) is 31.9 Å². The Hall–Kier alpha value is -0.350. The molecule has 1 rings (SSSR count). The summed E-state index contributed by atoms with van der Waals surface area (Å²) >= 11 is 6.71. The number of esters is 1. The molecule has 0 radical (unpaired) electrons. The van der Waals surface area contributed by atoms with Gasteiger partial charge in [0.05, 0.1) is 10.4 Å². The number of hydrogen-bond acceptors (Lipinski definition) is 2. The second kappa shape index (κ2) is 6.40. The first-order chi connectivity index (χ1) is 7.58. The van der Waals surface area contributed by atoms with Gasteiger partial charge in [-0.05, 0) is 47.0 Å². The van der Waals surface area contributed by atoms with Gasteiger partial charge in [0.1, 0.15) is 5.75 Å². The molecule has 2 nitrogen and oxygen atoms in total. The Morgan fingerprint density at radius 2 is 1.94 bits per heavy atom. The highest BCUT2D eigenvalue weighted by molar-refractivity contribution is 9.11. The highest BCUT2D eigenvalue weighted by Crippen LogP contribution is 2.29. The van der Waals surface area contributed by atoms with Crippen LogP contribution in [0, 0.1) is 5.92 Å². The minimum atomic E-state index is -0.159. The maximum atomic E-state index is 11.8. The van der Waals surface area contributed by atoms with Gasteiger partial charge in [-0.2, -0.15) is 0 Å². The van der Waals surface area contributed by atoms with Gasteiger partial charge in [0, 0.05) is 4.47 Å². The molecule has 0 atom stereocenters. The molecule has 0 N–H and O–H groups in total. The van der Waals surface area contributed by atoms with Crippen LogP contribution in [0.3, 0.4) is 0 Å². The Morgan fingerprint density at radius 3 is 2.44 bits per heavy atom. The number of carbonyl (C=O) groups excluding carboxylic acids is 1. The van der Waals surface area contributed by atoms with Crippen molar-refractivity contribution in [1.82, 2.24) is 0 Å². The first-order valence-electron chi connectivity index (χ1n) is 5.25. The van der Waals surface area contributed by atoms with Crippen LogP contribution in [-0.4, -0.2) is 5.97 Å². The fraction of sp³-hybridized carbons (Fsp3) is 0.417. The van der Waals surface area contributed by atoms with Gasteiger partial charge in [-0.25, -0.2) is 0 Å². The molecule has 0 saturated heterocycles. The Balaban J connectivity index is 2.76. The van der Waals surface area contributed by atoms with Crippen LogP contribution >= 0.6 is 31.9 Å². The molecule has 0 amide bonds. The van der Waals surface area contributed by atoms with Crippen molar-refractivity contribution in [2.24, 2.45) is 5.92 Å². The van der Waals surface area contributed by atoms with Gasteiger partial charge < -0.3 is 4.74 Å². The van der Waals surface area contributed by atoms with E-state index in [0.717, 1.165) is 21.8 Å². The second-order valence-corrected chi connectivity index (χ2v) is 5.28. The predicted molar refractivity (Wildman–Crippen MR) is 71.5 cm³/mol. The largest absolute Gasteiger partial charge is 0.425 e. The van der Waals surface area contributed by atoms with Gasteiger partial charge in [0.2, 0.25) is 0 Å². The van der Waals surface area contributed by atoms with Crippen LogP contribution in [-0.2, 0) is 4.79 Å². The van der Waals surface area contributed by atoms with Crippen LogP contribution < -0.4 is 4.74 Å². The lowest BCUT2D eigenvalue weighted by Crippen LogP contribution is -2.19. The van der Waals surface area contributed by atoms with E-state index in [4.69, 9.17) is 4.74 Å². The number of ether oxygens (including phenoxy) is 1. The third-order valence-electron chi connectivity index (χ3n) is 2.42. The van der Waals surface area contributed by atoms with Crippen molar-refractivity contribution in [3.8, 4) is 5.75 Å².